The molecule has 68 valence electrons. The van der Waals surface area contributed by atoms with E-state index in [4.69, 9.17) is 5.73 Å². The first-order valence-electron chi connectivity index (χ1n) is 3.20. The van der Waals surface area contributed by atoms with Crippen LogP contribution in [0.3, 0.4) is 0 Å². The van der Waals surface area contributed by atoms with E-state index in [1.807, 2.05) is 0 Å². The van der Waals surface area contributed by atoms with Crippen molar-refractivity contribution in [1.29, 1.82) is 0 Å². The second-order valence-electron chi connectivity index (χ2n) is 2.35. The van der Waals surface area contributed by atoms with Crippen LogP contribution in [-0.2, 0) is 6.18 Å². The molecule has 0 bridgehead atoms. The molecule has 0 aromatic carbocycles. The minimum atomic E-state index is -4.30. The Bertz CT molecular complexity index is 266. The van der Waals surface area contributed by atoms with Gasteiger partial charge in [0, 0.05) is 0 Å². The van der Waals surface area contributed by atoms with Crippen molar-refractivity contribution in [1.82, 2.24) is 4.98 Å². The average molecular weight is 196 g/mol. The molecule has 0 spiro atoms. The van der Waals surface area contributed by atoms with Crippen molar-refractivity contribution in [3.05, 3.63) is 16.1 Å². The second kappa shape index (κ2) is 3.02. The Morgan fingerprint density at radius 2 is 2.17 bits per heavy atom. The van der Waals surface area contributed by atoms with Gasteiger partial charge in [-0.3, -0.25) is 0 Å². The van der Waals surface area contributed by atoms with E-state index >= 15 is 0 Å². The van der Waals surface area contributed by atoms with E-state index in [-0.39, 0.29) is 0 Å². The molecule has 1 aromatic rings. The minimum Gasteiger partial charge on any atom is -0.322 e. The van der Waals surface area contributed by atoms with E-state index in [2.05, 4.69) is 4.98 Å². The lowest BCUT2D eigenvalue weighted by atomic mass is 10.4. The largest absolute Gasteiger partial charge is 0.427 e. The van der Waals surface area contributed by atoms with Crippen LogP contribution in [0.1, 0.15) is 22.9 Å². The zero-order chi connectivity index (χ0) is 9.35. The van der Waals surface area contributed by atoms with E-state index in [1.54, 1.807) is 6.92 Å². The maximum absolute atomic E-state index is 12.0. The molecule has 0 aliphatic heterocycles. The highest BCUT2D eigenvalue weighted by Crippen LogP contribution is 2.34. The van der Waals surface area contributed by atoms with Gasteiger partial charge in [0.1, 0.15) is 9.88 Å². The SMILES string of the molecule is CC(N)c1ncc(C(F)(F)F)s1. The number of alkyl halides is 3. The lowest BCUT2D eigenvalue weighted by Crippen LogP contribution is -2.03. The molecule has 2 N–H and O–H groups in total. The molecular weight excluding hydrogens is 189 g/mol. The summed E-state index contributed by atoms with van der Waals surface area (Å²) in [6, 6.07) is -0.439. The minimum absolute atomic E-state index is 0.308. The summed E-state index contributed by atoms with van der Waals surface area (Å²) in [5, 5.41) is 0.308. The lowest BCUT2D eigenvalue weighted by Gasteiger charge is -2.00. The maximum Gasteiger partial charge on any atom is 0.427 e. The van der Waals surface area contributed by atoms with Crippen LogP contribution in [0, 0.1) is 0 Å². The van der Waals surface area contributed by atoms with Gasteiger partial charge in [-0.25, -0.2) is 4.98 Å². The molecule has 2 nitrogen and oxygen atoms in total. The van der Waals surface area contributed by atoms with Gasteiger partial charge in [-0.1, -0.05) is 0 Å². The summed E-state index contributed by atoms with van der Waals surface area (Å²) in [6.45, 7) is 1.60. The number of nitrogens with two attached hydrogens (primary N) is 1. The third kappa shape index (κ3) is 1.95. The third-order valence-electron chi connectivity index (χ3n) is 1.19. The maximum atomic E-state index is 12.0. The van der Waals surface area contributed by atoms with Gasteiger partial charge in [-0.15, -0.1) is 11.3 Å². The summed E-state index contributed by atoms with van der Waals surface area (Å²) < 4.78 is 36.0. The highest BCUT2D eigenvalue weighted by molar-refractivity contribution is 7.11. The Hall–Kier alpha value is -0.620. The number of aromatic nitrogens is 1. The summed E-state index contributed by atoms with van der Waals surface area (Å²) >= 11 is 0.587. The molecule has 0 aliphatic carbocycles. The molecule has 0 amide bonds. The molecule has 0 aliphatic rings. The molecule has 0 saturated heterocycles. The van der Waals surface area contributed by atoms with Gasteiger partial charge in [0.15, 0.2) is 0 Å². The van der Waals surface area contributed by atoms with Crippen LogP contribution in [0.5, 0.6) is 0 Å². The Morgan fingerprint density at radius 1 is 1.58 bits per heavy atom. The van der Waals surface area contributed by atoms with E-state index in [9.17, 15) is 13.2 Å². The van der Waals surface area contributed by atoms with Crippen LogP contribution >= 0.6 is 11.3 Å². The predicted octanol–water partition coefficient (Wildman–Crippen LogP) is 2.18. The van der Waals surface area contributed by atoms with Crippen LogP contribution in [-0.4, -0.2) is 4.98 Å². The van der Waals surface area contributed by atoms with Crippen molar-refractivity contribution >= 4 is 11.3 Å². The van der Waals surface area contributed by atoms with Crippen molar-refractivity contribution < 1.29 is 13.2 Å². The summed E-state index contributed by atoms with van der Waals surface area (Å²) in [4.78, 5) is 2.86. The fraction of sp³-hybridized carbons (Fsp3) is 0.500. The Kier molecular flexibility index (Phi) is 2.39. The van der Waals surface area contributed by atoms with Crippen LogP contribution in [0.25, 0.3) is 0 Å². The number of hydrogen-bond acceptors (Lipinski definition) is 3. The normalized spacial score (nSPS) is 14.8. The van der Waals surface area contributed by atoms with Gasteiger partial charge in [0.05, 0.1) is 12.2 Å². The molecule has 0 radical (unpaired) electrons. The quantitative estimate of drug-likeness (QED) is 0.747. The number of rotatable bonds is 1. The van der Waals surface area contributed by atoms with Gasteiger partial charge < -0.3 is 5.73 Å². The molecule has 1 atom stereocenters. The molecule has 12 heavy (non-hydrogen) atoms. The molecule has 0 saturated carbocycles. The summed E-state index contributed by atoms with van der Waals surface area (Å²) in [5.41, 5.74) is 5.35. The lowest BCUT2D eigenvalue weighted by molar-refractivity contribution is -0.134. The molecule has 1 heterocycles. The van der Waals surface area contributed by atoms with E-state index in [1.165, 1.54) is 0 Å². The predicted molar refractivity (Wildman–Crippen MR) is 39.7 cm³/mol. The highest BCUT2D eigenvalue weighted by Gasteiger charge is 2.33. The van der Waals surface area contributed by atoms with Gasteiger partial charge in [0.25, 0.3) is 0 Å². The molecule has 1 unspecified atom stereocenters. The summed E-state index contributed by atoms with van der Waals surface area (Å²) in [6.07, 6.45) is -3.49. The molecule has 1 rings (SSSR count). The first-order chi connectivity index (χ1) is 5.41. The van der Waals surface area contributed by atoms with Crippen molar-refractivity contribution in [2.45, 2.75) is 19.1 Å². The zero-order valence-electron chi connectivity index (χ0n) is 6.22. The van der Waals surface area contributed by atoms with Crippen molar-refractivity contribution in [3.8, 4) is 0 Å². The molecule has 6 heteroatoms. The zero-order valence-corrected chi connectivity index (χ0v) is 7.04. The number of thiazole rings is 1. The third-order valence-corrected chi connectivity index (χ3v) is 2.44. The van der Waals surface area contributed by atoms with Gasteiger partial charge in [-0.05, 0) is 6.92 Å². The Morgan fingerprint density at radius 3 is 2.42 bits per heavy atom. The summed E-state index contributed by atoms with van der Waals surface area (Å²) in [7, 11) is 0. The first kappa shape index (κ1) is 9.47. The van der Waals surface area contributed by atoms with E-state index in [0.29, 0.717) is 16.3 Å². The van der Waals surface area contributed by atoms with E-state index in [0.717, 1.165) is 6.20 Å². The number of hydrogen-bond donors (Lipinski definition) is 1. The average Bonchev–Trinajstić information content (AvgIpc) is 2.30. The van der Waals surface area contributed by atoms with Crippen LogP contribution < -0.4 is 5.73 Å². The van der Waals surface area contributed by atoms with Crippen molar-refractivity contribution in [3.63, 3.8) is 0 Å². The van der Waals surface area contributed by atoms with Gasteiger partial charge in [-0.2, -0.15) is 13.2 Å². The van der Waals surface area contributed by atoms with Crippen LogP contribution in [0.15, 0.2) is 6.20 Å². The topological polar surface area (TPSA) is 38.9 Å². The Balaban J connectivity index is 2.92. The monoisotopic (exact) mass is 196 g/mol. The molecule has 1 aromatic heterocycles. The van der Waals surface area contributed by atoms with Crippen LogP contribution in [0.2, 0.25) is 0 Å². The van der Waals surface area contributed by atoms with Crippen molar-refractivity contribution in [2.24, 2.45) is 5.73 Å². The number of nitrogens with zero attached hydrogens (tertiary/aromatic N) is 1. The van der Waals surface area contributed by atoms with Crippen molar-refractivity contribution in [2.75, 3.05) is 0 Å². The standard InChI is InChI=1S/C6H7F3N2S/c1-3(10)5-11-2-4(12-5)6(7,8)9/h2-3H,10H2,1H3. The summed E-state index contributed by atoms with van der Waals surface area (Å²) in [5.74, 6) is 0. The molecular formula is C6H7F3N2S. The van der Waals surface area contributed by atoms with Gasteiger partial charge >= 0.3 is 6.18 Å². The van der Waals surface area contributed by atoms with Gasteiger partial charge in [0.2, 0.25) is 0 Å². The highest BCUT2D eigenvalue weighted by atomic mass is 32.1. The molecule has 0 fully saturated rings. The first-order valence-corrected chi connectivity index (χ1v) is 4.01. The number of halogens is 3. The fourth-order valence-corrected chi connectivity index (χ4v) is 1.37. The van der Waals surface area contributed by atoms with E-state index < -0.39 is 17.1 Å². The second-order valence-corrected chi connectivity index (χ2v) is 3.41. The fourth-order valence-electron chi connectivity index (χ4n) is 0.629. The van der Waals surface area contributed by atoms with Crippen LogP contribution in [0.4, 0.5) is 13.2 Å². The Labute approximate surface area is 71.2 Å². The smallest absolute Gasteiger partial charge is 0.322 e.